The molecule has 0 aliphatic rings. The first-order valence-corrected chi connectivity index (χ1v) is 5.46. The molecule has 1 N–H and O–H groups in total. The van der Waals surface area contributed by atoms with Crippen LogP contribution in [0.1, 0.15) is 25.1 Å². The average Bonchev–Trinajstić information content (AvgIpc) is 2.21. The first-order chi connectivity index (χ1) is 7.24. The molecule has 0 amide bonds. The third-order valence-electron chi connectivity index (χ3n) is 2.29. The van der Waals surface area contributed by atoms with Gasteiger partial charge in [0.2, 0.25) is 0 Å². The summed E-state index contributed by atoms with van der Waals surface area (Å²) < 4.78 is 5.43. The maximum atomic E-state index is 5.43. The summed E-state index contributed by atoms with van der Waals surface area (Å²) in [6.07, 6.45) is 2.09. The molecule has 1 aromatic rings. The number of rotatable bonds is 6. The molecule has 0 spiro atoms. The van der Waals surface area contributed by atoms with Crippen LogP contribution in [0, 0.1) is 6.92 Å². The van der Waals surface area contributed by atoms with Crippen LogP contribution >= 0.6 is 0 Å². The molecule has 1 heterocycles. The minimum atomic E-state index is 0.263. The maximum absolute atomic E-state index is 5.43. The van der Waals surface area contributed by atoms with Gasteiger partial charge < -0.3 is 10.1 Å². The monoisotopic (exact) mass is 208 g/mol. The fraction of sp³-hybridized carbons (Fsp3) is 0.583. The minimum Gasteiger partial charge on any atom is -0.377 e. The van der Waals surface area contributed by atoms with E-state index in [1.807, 2.05) is 19.2 Å². The van der Waals surface area contributed by atoms with Gasteiger partial charge in [0.15, 0.2) is 0 Å². The summed E-state index contributed by atoms with van der Waals surface area (Å²) in [5.41, 5.74) is 2.34. The van der Waals surface area contributed by atoms with Crippen LogP contribution in [0.25, 0.3) is 0 Å². The zero-order valence-corrected chi connectivity index (χ0v) is 9.79. The number of aryl methyl sites for hydroxylation is 1. The standard InChI is InChI=1S/C12H20N2O/c1-4-15-11(3)8-13-9-12-10(2)6-5-7-14-12/h5-7,11,13H,4,8-9H2,1-3H3. The largest absolute Gasteiger partial charge is 0.377 e. The SMILES string of the molecule is CCOC(C)CNCc1ncccc1C. The van der Waals surface area contributed by atoms with Gasteiger partial charge >= 0.3 is 0 Å². The number of aromatic nitrogens is 1. The van der Waals surface area contributed by atoms with Gasteiger partial charge in [0.05, 0.1) is 11.8 Å². The van der Waals surface area contributed by atoms with Crippen LogP contribution in [-0.2, 0) is 11.3 Å². The van der Waals surface area contributed by atoms with Crippen LogP contribution in [0.3, 0.4) is 0 Å². The number of ether oxygens (including phenoxy) is 1. The van der Waals surface area contributed by atoms with Crippen molar-refractivity contribution in [3.8, 4) is 0 Å². The lowest BCUT2D eigenvalue weighted by atomic mass is 10.2. The predicted octanol–water partition coefficient (Wildman–Crippen LogP) is 1.90. The van der Waals surface area contributed by atoms with Crippen LogP contribution in [0.4, 0.5) is 0 Å². The van der Waals surface area contributed by atoms with Crippen molar-refractivity contribution in [2.45, 2.75) is 33.4 Å². The molecule has 3 heteroatoms. The van der Waals surface area contributed by atoms with Gasteiger partial charge in [-0.3, -0.25) is 4.98 Å². The van der Waals surface area contributed by atoms with Crippen LogP contribution in [0.2, 0.25) is 0 Å². The Hall–Kier alpha value is -0.930. The molecule has 84 valence electrons. The number of hydrogen-bond acceptors (Lipinski definition) is 3. The lowest BCUT2D eigenvalue weighted by Crippen LogP contribution is -2.27. The number of pyridine rings is 1. The number of hydrogen-bond donors (Lipinski definition) is 1. The molecule has 0 saturated carbocycles. The van der Waals surface area contributed by atoms with Gasteiger partial charge in [-0.1, -0.05) is 6.07 Å². The van der Waals surface area contributed by atoms with Gasteiger partial charge in [0.25, 0.3) is 0 Å². The molecular weight excluding hydrogens is 188 g/mol. The summed E-state index contributed by atoms with van der Waals surface area (Å²) in [6, 6.07) is 4.04. The minimum absolute atomic E-state index is 0.263. The van der Waals surface area contributed by atoms with E-state index in [0.717, 1.165) is 25.4 Å². The van der Waals surface area contributed by atoms with Crippen molar-refractivity contribution >= 4 is 0 Å². The fourth-order valence-electron chi connectivity index (χ4n) is 1.44. The number of nitrogens with one attached hydrogen (secondary N) is 1. The summed E-state index contributed by atoms with van der Waals surface area (Å²) in [5.74, 6) is 0. The smallest absolute Gasteiger partial charge is 0.0671 e. The topological polar surface area (TPSA) is 34.1 Å². The molecule has 15 heavy (non-hydrogen) atoms. The van der Waals surface area contributed by atoms with Gasteiger partial charge in [0, 0.05) is 25.9 Å². The third kappa shape index (κ3) is 4.40. The van der Waals surface area contributed by atoms with Gasteiger partial charge in [-0.25, -0.2) is 0 Å². The first kappa shape index (κ1) is 12.1. The molecule has 0 aliphatic heterocycles. The molecular formula is C12H20N2O. The number of nitrogens with zero attached hydrogens (tertiary/aromatic N) is 1. The van der Waals surface area contributed by atoms with Crippen molar-refractivity contribution in [1.82, 2.24) is 10.3 Å². The highest BCUT2D eigenvalue weighted by atomic mass is 16.5. The molecule has 1 aromatic heterocycles. The fourth-order valence-corrected chi connectivity index (χ4v) is 1.44. The highest BCUT2D eigenvalue weighted by Gasteiger charge is 2.01. The molecule has 0 aromatic carbocycles. The molecule has 0 fully saturated rings. The van der Waals surface area contributed by atoms with Crippen LogP contribution in [0.5, 0.6) is 0 Å². The van der Waals surface area contributed by atoms with Crippen molar-refractivity contribution in [1.29, 1.82) is 0 Å². The zero-order valence-electron chi connectivity index (χ0n) is 9.79. The summed E-state index contributed by atoms with van der Waals surface area (Å²) in [6.45, 7) is 8.61. The van der Waals surface area contributed by atoms with E-state index >= 15 is 0 Å². The second kappa shape index (κ2) is 6.53. The zero-order chi connectivity index (χ0) is 11.1. The van der Waals surface area contributed by atoms with E-state index in [1.54, 1.807) is 0 Å². The van der Waals surface area contributed by atoms with E-state index in [4.69, 9.17) is 4.74 Å². The average molecular weight is 208 g/mol. The van der Waals surface area contributed by atoms with E-state index in [9.17, 15) is 0 Å². The van der Waals surface area contributed by atoms with Gasteiger partial charge in [-0.15, -0.1) is 0 Å². The van der Waals surface area contributed by atoms with Crippen molar-refractivity contribution in [3.05, 3.63) is 29.6 Å². The van der Waals surface area contributed by atoms with Crippen LogP contribution < -0.4 is 5.32 Å². The van der Waals surface area contributed by atoms with Crippen molar-refractivity contribution < 1.29 is 4.74 Å². The second-order valence-corrected chi connectivity index (χ2v) is 3.66. The first-order valence-electron chi connectivity index (χ1n) is 5.46. The van der Waals surface area contributed by atoms with Crippen LogP contribution in [0.15, 0.2) is 18.3 Å². The third-order valence-corrected chi connectivity index (χ3v) is 2.29. The highest BCUT2D eigenvalue weighted by Crippen LogP contribution is 2.02. The van der Waals surface area contributed by atoms with Gasteiger partial charge in [-0.2, -0.15) is 0 Å². The van der Waals surface area contributed by atoms with E-state index in [-0.39, 0.29) is 6.10 Å². The van der Waals surface area contributed by atoms with Crippen molar-refractivity contribution in [2.75, 3.05) is 13.2 Å². The maximum Gasteiger partial charge on any atom is 0.0671 e. The Morgan fingerprint density at radius 2 is 2.33 bits per heavy atom. The van der Waals surface area contributed by atoms with Crippen molar-refractivity contribution in [3.63, 3.8) is 0 Å². The van der Waals surface area contributed by atoms with Crippen molar-refractivity contribution in [2.24, 2.45) is 0 Å². The lowest BCUT2D eigenvalue weighted by Gasteiger charge is -2.12. The Kier molecular flexibility index (Phi) is 5.29. The van der Waals surface area contributed by atoms with E-state index < -0.39 is 0 Å². The molecule has 0 aliphatic carbocycles. The Bertz CT molecular complexity index is 289. The van der Waals surface area contributed by atoms with Gasteiger partial charge in [0.1, 0.15) is 0 Å². The molecule has 1 rings (SSSR count). The molecule has 3 nitrogen and oxygen atoms in total. The highest BCUT2D eigenvalue weighted by molar-refractivity contribution is 5.17. The van der Waals surface area contributed by atoms with Gasteiger partial charge in [-0.05, 0) is 32.4 Å². The molecule has 0 saturated heterocycles. The van der Waals surface area contributed by atoms with Crippen LogP contribution in [-0.4, -0.2) is 24.2 Å². The summed E-state index contributed by atoms with van der Waals surface area (Å²) in [4.78, 5) is 4.32. The van der Waals surface area contributed by atoms with E-state index in [0.29, 0.717) is 0 Å². The Morgan fingerprint density at radius 3 is 3.00 bits per heavy atom. The Balaban J connectivity index is 2.29. The summed E-state index contributed by atoms with van der Waals surface area (Å²) in [7, 11) is 0. The summed E-state index contributed by atoms with van der Waals surface area (Å²) in [5, 5.41) is 3.34. The van der Waals surface area contributed by atoms with E-state index in [1.165, 1.54) is 5.56 Å². The Morgan fingerprint density at radius 1 is 1.53 bits per heavy atom. The molecule has 0 bridgehead atoms. The normalized spacial score (nSPS) is 12.7. The lowest BCUT2D eigenvalue weighted by molar-refractivity contribution is 0.0759. The molecule has 1 atom stereocenters. The second-order valence-electron chi connectivity index (χ2n) is 3.66. The molecule has 1 unspecified atom stereocenters. The quantitative estimate of drug-likeness (QED) is 0.775. The molecule has 0 radical (unpaired) electrons. The Labute approximate surface area is 91.9 Å². The predicted molar refractivity (Wildman–Crippen MR) is 61.8 cm³/mol. The van der Waals surface area contributed by atoms with E-state index in [2.05, 4.69) is 30.2 Å². The summed E-state index contributed by atoms with van der Waals surface area (Å²) >= 11 is 0.